The van der Waals surface area contributed by atoms with Gasteiger partial charge in [-0.15, -0.1) is 0 Å². The Hall–Kier alpha value is -1.60. The van der Waals surface area contributed by atoms with Crippen molar-refractivity contribution in [3.8, 4) is 0 Å². The van der Waals surface area contributed by atoms with E-state index < -0.39 is 5.97 Å². The Balaban J connectivity index is 2.20. The SMILES string of the molecule is COC(=O)c1sc(Nc2ccn(C)n2)nc1Cl. The van der Waals surface area contributed by atoms with Crippen molar-refractivity contribution in [2.24, 2.45) is 7.05 Å². The topological polar surface area (TPSA) is 69.0 Å². The van der Waals surface area contributed by atoms with Crippen LogP contribution in [0.1, 0.15) is 9.67 Å². The summed E-state index contributed by atoms with van der Waals surface area (Å²) in [6.45, 7) is 0. The molecule has 2 heterocycles. The van der Waals surface area contributed by atoms with E-state index in [4.69, 9.17) is 11.6 Å². The predicted octanol–water partition coefficient (Wildman–Crippen LogP) is 2.06. The molecule has 0 radical (unpaired) electrons. The van der Waals surface area contributed by atoms with E-state index in [2.05, 4.69) is 20.1 Å². The van der Waals surface area contributed by atoms with E-state index in [0.717, 1.165) is 11.3 Å². The average Bonchev–Trinajstić information content (AvgIpc) is 2.85. The van der Waals surface area contributed by atoms with Crippen molar-refractivity contribution in [1.29, 1.82) is 0 Å². The van der Waals surface area contributed by atoms with Crippen LogP contribution >= 0.6 is 22.9 Å². The summed E-state index contributed by atoms with van der Waals surface area (Å²) in [5, 5.41) is 7.69. The summed E-state index contributed by atoms with van der Waals surface area (Å²) in [6.07, 6.45) is 1.79. The number of nitrogens with one attached hydrogen (secondary N) is 1. The quantitative estimate of drug-likeness (QED) is 0.866. The van der Waals surface area contributed by atoms with Crippen molar-refractivity contribution in [2.75, 3.05) is 12.4 Å². The molecule has 0 aromatic carbocycles. The highest BCUT2D eigenvalue weighted by Gasteiger charge is 2.17. The fraction of sp³-hybridized carbons (Fsp3) is 0.222. The Bertz CT molecular complexity index is 551. The Morgan fingerprint density at radius 3 is 3.00 bits per heavy atom. The highest BCUT2D eigenvalue weighted by molar-refractivity contribution is 7.18. The van der Waals surface area contributed by atoms with Crippen LogP contribution in [0.15, 0.2) is 12.3 Å². The lowest BCUT2D eigenvalue weighted by atomic mass is 10.6. The maximum absolute atomic E-state index is 11.3. The van der Waals surface area contributed by atoms with Crippen LogP contribution in [0.2, 0.25) is 5.15 Å². The number of halogens is 1. The van der Waals surface area contributed by atoms with E-state index in [-0.39, 0.29) is 10.0 Å². The molecule has 1 N–H and O–H groups in total. The van der Waals surface area contributed by atoms with Gasteiger partial charge in [-0.3, -0.25) is 4.68 Å². The van der Waals surface area contributed by atoms with Gasteiger partial charge < -0.3 is 10.1 Å². The highest BCUT2D eigenvalue weighted by Crippen LogP contribution is 2.29. The molecule has 2 aromatic heterocycles. The van der Waals surface area contributed by atoms with Crippen molar-refractivity contribution in [3.63, 3.8) is 0 Å². The van der Waals surface area contributed by atoms with E-state index in [1.807, 2.05) is 0 Å². The lowest BCUT2D eigenvalue weighted by Gasteiger charge is -1.95. The van der Waals surface area contributed by atoms with Gasteiger partial charge in [0, 0.05) is 19.3 Å². The highest BCUT2D eigenvalue weighted by atomic mass is 35.5. The second kappa shape index (κ2) is 4.72. The average molecular weight is 273 g/mol. The third-order valence-electron chi connectivity index (χ3n) is 1.91. The van der Waals surface area contributed by atoms with Gasteiger partial charge in [0.15, 0.2) is 21.0 Å². The maximum atomic E-state index is 11.3. The van der Waals surface area contributed by atoms with E-state index in [1.165, 1.54) is 7.11 Å². The van der Waals surface area contributed by atoms with Gasteiger partial charge in [0.1, 0.15) is 0 Å². The third-order valence-corrected chi connectivity index (χ3v) is 3.24. The van der Waals surface area contributed by atoms with Crippen LogP contribution in [0.3, 0.4) is 0 Å². The molecule has 17 heavy (non-hydrogen) atoms. The molecule has 0 aliphatic heterocycles. The number of hydrogen-bond donors (Lipinski definition) is 1. The summed E-state index contributed by atoms with van der Waals surface area (Å²) in [5.41, 5.74) is 0. The van der Waals surface area contributed by atoms with E-state index >= 15 is 0 Å². The molecule has 8 heteroatoms. The standard InChI is InChI=1S/C9H9ClN4O2S/c1-14-4-3-5(13-14)11-9-12-7(10)6(17-9)8(15)16-2/h3-4H,1-2H3,(H,11,12,13). The number of thiazole rings is 1. The molecule has 0 spiro atoms. The molecule has 0 amide bonds. The normalized spacial score (nSPS) is 10.3. The molecule has 0 saturated heterocycles. The molecule has 0 atom stereocenters. The summed E-state index contributed by atoms with van der Waals surface area (Å²) in [5.74, 6) is 0.135. The number of methoxy groups -OCH3 is 1. The first kappa shape index (κ1) is 11.9. The van der Waals surface area contributed by atoms with Gasteiger partial charge in [0.05, 0.1) is 7.11 Å². The number of carbonyl (C=O) groups is 1. The summed E-state index contributed by atoms with van der Waals surface area (Å²) in [4.78, 5) is 15.6. The summed E-state index contributed by atoms with van der Waals surface area (Å²) < 4.78 is 6.24. The maximum Gasteiger partial charge on any atom is 0.351 e. The van der Waals surface area contributed by atoms with Crippen LogP contribution in [-0.2, 0) is 11.8 Å². The third kappa shape index (κ3) is 2.56. The van der Waals surface area contributed by atoms with Gasteiger partial charge in [-0.05, 0) is 0 Å². The molecular weight excluding hydrogens is 264 g/mol. The predicted molar refractivity (Wildman–Crippen MR) is 65.0 cm³/mol. The van der Waals surface area contributed by atoms with Crippen LogP contribution in [0.5, 0.6) is 0 Å². The number of hydrogen-bond acceptors (Lipinski definition) is 6. The van der Waals surface area contributed by atoms with Gasteiger partial charge >= 0.3 is 5.97 Å². The van der Waals surface area contributed by atoms with Crippen molar-refractivity contribution >= 4 is 39.9 Å². The molecule has 0 aliphatic rings. The molecule has 6 nitrogen and oxygen atoms in total. The Morgan fingerprint density at radius 1 is 1.65 bits per heavy atom. The van der Waals surface area contributed by atoms with Crippen LogP contribution in [-0.4, -0.2) is 27.8 Å². The van der Waals surface area contributed by atoms with Crippen molar-refractivity contribution in [3.05, 3.63) is 22.3 Å². The summed E-state index contributed by atoms with van der Waals surface area (Å²) in [7, 11) is 3.10. The molecule has 0 bridgehead atoms. The molecular formula is C9H9ClN4O2S. The lowest BCUT2D eigenvalue weighted by molar-refractivity contribution is 0.0606. The van der Waals surface area contributed by atoms with Crippen LogP contribution < -0.4 is 5.32 Å². The Morgan fingerprint density at radius 2 is 2.41 bits per heavy atom. The molecule has 2 aromatic rings. The first-order chi connectivity index (χ1) is 8.10. The van der Waals surface area contributed by atoms with Gasteiger partial charge in [0.2, 0.25) is 0 Å². The van der Waals surface area contributed by atoms with Crippen molar-refractivity contribution in [1.82, 2.24) is 14.8 Å². The van der Waals surface area contributed by atoms with E-state index in [0.29, 0.717) is 10.9 Å². The summed E-state index contributed by atoms with van der Waals surface area (Å²) >= 11 is 6.94. The zero-order valence-corrected chi connectivity index (χ0v) is 10.7. The first-order valence-electron chi connectivity index (χ1n) is 4.61. The minimum Gasteiger partial charge on any atom is -0.465 e. The number of aryl methyl sites for hydroxylation is 1. The van der Waals surface area contributed by atoms with Gasteiger partial charge in [-0.2, -0.15) is 5.10 Å². The Labute approximate surface area is 106 Å². The van der Waals surface area contributed by atoms with Crippen molar-refractivity contribution < 1.29 is 9.53 Å². The minimum atomic E-state index is -0.499. The van der Waals surface area contributed by atoms with Gasteiger partial charge in [0.25, 0.3) is 0 Å². The smallest absolute Gasteiger partial charge is 0.351 e. The molecule has 0 fully saturated rings. The fourth-order valence-electron chi connectivity index (χ4n) is 1.16. The van der Waals surface area contributed by atoms with Crippen molar-refractivity contribution in [2.45, 2.75) is 0 Å². The van der Waals surface area contributed by atoms with E-state index in [9.17, 15) is 4.79 Å². The fourth-order valence-corrected chi connectivity index (χ4v) is 2.27. The zero-order chi connectivity index (χ0) is 12.4. The molecule has 0 unspecified atom stereocenters. The number of esters is 1. The monoisotopic (exact) mass is 272 g/mol. The molecule has 0 aliphatic carbocycles. The Kier molecular flexibility index (Phi) is 3.30. The number of anilines is 2. The number of rotatable bonds is 3. The van der Waals surface area contributed by atoms with Crippen LogP contribution in [0.25, 0.3) is 0 Å². The number of nitrogens with zero attached hydrogens (tertiary/aromatic N) is 3. The van der Waals surface area contributed by atoms with Crippen LogP contribution in [0, 0.1) is 0 Å². The molecule has 2 rings (SSSR count). The second-order valence-corrected chi connectivity index (χ2v) is 4.49. The molecule has 90 valence electrons. The summed E-state index contributed by atoms with van der Waals surface area (Å²) in [6, 6.07) is 1.78. The first-order valence-corrected chi connectivity index (χ1v) is 5.81. The van der Waals surface area contributed by atoms with Crippen LogP contribution in [0.4, 0.5) is 10.9 Å². The van der Waals surface area contributed by atoms with Gasteiger partial charge in [-0.1, -0.05) is 22.9 Å². The minimum absolute atomic E-state index is 0.125. The largest absolute Gasteiger partial charge is 0.465 e. The zero-order valence-electron chi connectivity index (χ0n) is 9.10. The second-order valence-electron chi connectivity index (χ2n) is 3.13. The van der Waals surface area contributed by atoms with E-state index in [1.54, 1.807) is 24.0 Å². The number of carbonyl (C=O) groups excluding carboxylic acids is 1. The number of aromatic nitrogens is 3. The molecule has 0 saturated carbocycles. The lowest BCUT2D eigenvalue weighted by Crippen LogP contribution is -1.98. The number of ether oxygens (including phenoxy) is 1. The van der Waals surface area contributed by atoms with Gasteiger partial charge in [-0.25, -0.2) is 9.78 Å².